The molecule has 2 N–H and O–H groups in total. The lowest BCUT2D eigenvalue weighted by Gasteiger charge is -2.15. The molecule has 4 heteroatoms. The van der Waals surface area contributed by atoms with Crippen LogP contribution in [0.15, 0.2) is 0 Å². The van der Waals surface area contributed by atoms with Crippen LogP contribution in [0.1, 0.15) is 24.4 Å². The van der Waals surface area contributed by atoms with Crippen molar-refractivity contribution in [3.05, 3.63) is 16.7 Å². The summed E-state index contributed by atoms with van der Waals surface area (Å²) in [6, 6.07) is 0. The third-order valence-corrected chi connectivity index (χ3v) is 2.63. The smallest absolute Gasteiger partial charge is 0.150 e. The van der Waals surface area contributed by atoms with Gasteiger partial charge in [0.1, 0.15) is 5.82 Å². The highest BCUT2D eigenvalue weighted by Gasteiger charge is 2.17. The first-order valence-corrected chi connectivity index (χ1v) is 4.64. The number of halogens is 1. The fourth-order valence-electron chi connectivity index (χ4n) is 1.73. The average molecular weight is 186 g/mol. The highest BCUT2D eigenvalue weighted by molar-refractivity contribution is 6.30. The molecule has 0 atom stereocenters. The van der Waals surface area contributed by atoms with Crippen molar-refractivity contribution in [2.45, 2.75) is 32.4 Å². The van der Waals surface area contributed by atoms with E-state index >= 15 is 0 Å². The first-order chi connectivity index (χ1) is 5.83. The molecule has 2 heterocycles. The number of fused-ring (bicyclic) bond motifs is 1. The van der Waals surface area contributed by atoms with Crippen LogP contribution in [-0.4, -0.2) is 9.55 Å². The number of hydrogen-bond acceptors (Lipinski definition) is 2. The SMILES string of the molecule is NCc1nc(Cl)c2n1CCCC2. The van der Waals surface area contributed by atoms with E-state index in [-0.39, 0.29) is 0 Å². The first-order valence-electron chi connectivity index (χ1n) is 4.26. The zero-order valence-corrected chi connectivity index (χ0v) is 7.64. The summed E-state index contributed by atoms with van der Waals surface area (Å²) < 4.78 is 2.16. The van der Waals surface area contributed by atoms with Crippen LogP contribution in [0.25, 0.3) is 0 Å². The number of aromatic nitrogens is 2. The van der Waals surface area contributed by atoms with Gasteiger partial charge in [0.15, 0.2) is 5.15 Å². The summed E-state index contributed by atoms with van der Waals surface area (Å²) in [6.07, 6.45) is 3.48. The quantitative estimate of drug-likeness (QED) is 0.718. The van der Waals surface area contributed by atoms with E-state index in [9.17, 15) is 0 Å². The van der Waals surface area contributed by atoms with E-state index in [4.69, 9.17) is 17.3 Å². The van der Waals surface area contributed by atoms with Gasteiger partial charge in [-0.1, -0.05) is 11.6 Å². The molecule has 12 heavy (non-hydrogen) atoms. The molecule has 0 saturated heterocycles. The Bertz CT molecular complexity index is 293. The maximum Gasteiger partial charge on any atom is 0.150 e. The molecule has 0 aromatic carbocycles. The summed E-state index contributed by atoms with van der Waals surface area (Å²) in [7, 11) is 0. The Balaban J connectivity index is 2.47. The van der Waals surface area contributed by atoms with Gasteiger partial charge in [-0.25, -0.2) is 4.98 Å². The fraction of sp³-hybridized carbons (Fsp3) is 0.625. The second kappa shape index (κ2) is 3.07. The second-order valence-electron chi connectivity index (χ2n) is 3.08. The maximum atomic E-state index is 5.95. The van der Waals surface area contributed by atoms with E-state index < -0.39 is 0 Å². The van der Waals surface area contributed by atoms with Crippen LogP contribution >= 0.6 is 11.6 Å². The second-order valence-corrected chi connectivity index (χ2v) is 3.44. The Labute approximate surface area is 76.5 Å². The molecule has 2 rings (SSSR count). The molecule has 3 nitrogen and oxygen atoms in total. The van der Waals surface area contributed by atoms with Gasteiger partial charge in [0.2, 0.25) is 0 Å². The predicted molar refractivity (Wildman–Crippen MR) is 48.1 cm³/mol. The molecule has 1 aromatic heterocycles. The molecule has 0 unspecified atom stereocenters. The van der Waals surface area contributed by atoms with Crippen LogP contribution in [0.3, 0.4) is 0 Å². The molecule has 66 valence electrons. The molecule has 0 fully saturated rings. The number of rotatable bonds is 1. The standard InChI is InChI=1S/C8H12ClN3/c9-8-6-3-1-2-4-12(6)7(5-10)11-8/h1-5,10H2. The van der Waals surface area contributed by atoms with E-state index in [0.717, 1.165) is 18.8 Å². The van der Waals surface area contributed by atoms with E-state index in [2.05, 4.69) is 9.55 Å². The minimum absolute atomic E-state index is 0.486. The number of nitrogens with two attached hydrogens (primary N) is 1. The van der Waals surface area contributed by atoms with Crippen molar-refractivity contribution in [3.8, 4) is 0 Å². The van der Waals surface area contributed by atoms with Crippen molar-refractivity contribution in [2.24, 2.45) is 5.73 Å². The van der Waals surface area contributed by atoms with Gasteiger partial charge in [-0.15, -0.1) is 0 Å². The average Bonchev–Trinajstić information content (AvgIpc) is 2.44. The van der Waals surface area contributed by atoms with Crippen molar-refractivity contribution in [1.29, 1.82) is 0 Å². The van der Waals surface area contributed by atoms with Crippen LogP contribution in [0.4, 0.5) is 0 Å². The lowest BCUT2D eigenvalue weighted by molar-refractivity contribution is 0.515. The molecular formula is C8H12ClN3. The largest absolute Gasteiger partial charge is 0.330 e. The Morgan fingerprint density at radius 2 is 2.33 bits per heavy atom. The Morgan fingerprint density at radius 1 is 1.50 bits per heavy atom. The Hall–Kier alpha value is -0.540. The van der Waals surface area contributed by atoms with Gasteiger partial charge < -0.3 is 10.3 Å². The van der Waals surface area contributed by atoms with Crippen LogP contribution in [0.5, 0.6) is 0 Å². The van der Waals surface area contributed by atoms with Crippen LogP contribution in [-0.2, 0) is 19.5 Å². The van der Waals surface area contributed by atoms with Gasteiger partial charge in [-0.3, -0.25) is 0 Å². The zero-order valence-electron chi connectivity index (χ0n) is 6.89. The molecule has 0 radical (unpaired) electrons. The number of hydrogen-bond donors (Lipinski definition) is 1. The van der Waals surface area contributed by atoms with E-state index in [1.54, 1.807) is 0 Å². The van der Waals surface area contributed by atoms with E-state index in [1.807, 2.05) is 0 Å². The van der Waals surface area contributed by atoms with Crippen molar-refractivity contribution in [2.75, 3.05) is 0 Å². The topological polar surface area (TPSA) is 43.8 Å². The molecule has 0 spiro atoms. The molecule has 1 aliphatic heterocycles. The third-order valence-electron chi connectivity index (χ3n) is 2.33. The molecule has 0 bridgehead atoms. The Kier molecular flexibility index (Phi) is 2.07. The predicted octanol–water partition coefficient (Wildman–Crippen LogP) is 1.33. The number of imidazole rings is 1. The number of nitrogens with zero attached hydrogens (tertiary/aromatic N) is 2. The molecule has 1 aliphatic rings. The van der Waals surface area contributed by atoms with Gasteiger partial charge in [-0.05, 0) is 19.3 Å². The summed E-state index contributed by atoms with van der Waals surface area (Å²) in [6.45, 7) is 1.52. The zero-order chi connectivity index (χ0) is 8.55. The molecule has 0 amide bonds. The van der Waals surface area contributed by atoms with Gasteiger partial charge in [0.05, 0.1) is 12.2 Å². The lowest BCUT2D eigenvalue weighted by atomic mass is 10.1. The van der Waals surface area contributed by atoms with E-state index in [0.29, 0.717) is 11.7 Å². The Morgan fingerprint density at radius 3 is 3.08 bits per heavy atom. The normalized spacial score (nSPS) is 16.2. The van der Waals surface area contributed by atoms with Gasteiger partial charge in [0.25, 0.3) is 0 Å². The van der Waals surface area contributed by atoms with Crippen LogP contribution in [0.2, 0.25) is 5.15 Å². The summed E-state index contributed by atoms with van der Waals surface area (Å²) in [4.78, 5) is 4.21. The summed E-state index contributed by atoms with van der Waals surface area (Å²) in [5, 5.41) is 0.648. The highest BCUT2D eigenvalue weighted by Crippen LogP contribution is 2.23. The molecular weight excluding hydrogens is 174 g/mol. The first kappa shape index (κ1) is 8.08. The van der Waals surface area contributed by atoms with Crippen LogP contribution in [0, 0.1) is 0 Å². The molecule has 1 aromatic rings. The van der Waals surface area contributed by atoms with Crippen molar-refractivity contribution >= 4 is 11.6 Å². The minimum atomic E-state index is 0.486. The van der Waals surface area contributed by atoms with Crippen molar-refractivity contribution in [1.82, 2.24) is 9.55 Å². The third kappa shape index (κ3) is 1.13. The van der Waals surface area contributed by atoms with Gasteiger partial charge in [-0.2, -0.15) is 0 Å². The molecule has 0 aliphatic carbocycles. The maximum absolute atomic E-state index is 5.95. The van der Waals surface area contributed by atoms with Crippen molar-refractivity contribution < 1.29 is 0 Å². The van der Waals surface area contributed by atoms with Gasteiger partial charge in [0, 0.05) is 6.54 Å². The van der Waals surface area contributed by atoms with Gasteiger partial charge >= 0.3 is 0 Å². The minimum Gasteiger partial charge on any atom is -0.330 e. The van der Waals surface area contributed by atoms with E-state index in [1.165, 1.54) is 18.5 Å². The molecule has 0 saturated carbocycles. The monoisotopic (exact) mass is 185 g/mol. The van der Waals surface area contributed by atoms with Crippen molar-refractivity contribution in [3.63, 3.8) is 0 Å². The summed E-state index contributed by atoms with van der Waals surface area (Å²) in [5.74, 6) is 0.926. The fourth-order valence-corrected chi connectivity index (χ4v) is 2.02. The summed E-state index contributed by atoms with van der Waals surface area (Å²) in [5.41, 5.74) is 6.72. The lowest BCUT2D eigenvalue weighted by Crippen LogP contribution is -2.14. The van der Waals surface area contributed by atoms with Crippen LogP contribution < -0.4 is 5.73 Å². The summed E-state index contributed by atoms with van der Waals surface area (Å²) >= 11 is 5.95. The highest BCUT2D eigenvalue weighted by atomic mass is 35.5.